The van der Waals surface area contributed by atoms with Crippen molar-refractivity contribution < 1.29 is 5.11 Å². The van der Waals surface area contributed by atoms with Gasteiger partial charge in [0.2, 0.25) is 5.95 Å². The molecule has 2 atom stereocenters. The summed E-state index contributed by atoms with van der Waals surface area (Å²) in [6, 6.07) is 6.05. The number of H-pyrrole nitrogens is 1. The Labute approximate surface area is 156 Å². The van der Waals surface area contributed by atoms with Gasteiger partial charge in [0, 0.05) is 36.5 Å². The Morgan fingerprint density at radius 3 is 2.78 bits per heavy atom. The second-order valence-corrected chi connectivity index (χ2v) is 7.36. The molecule has 4 heterocycles. The van der Waals surface area contributed by atoms with Gasteiger partial charge in [-0.25, -0.2) is 4.98 Å². The minimum Gasteiger partial charge on any atom is -0.507 e. The maximum atomic E-state index is 10.4. The number of nitrogens with zero attached hydrogens (tertiary/aromatic N) is 6. The summed E-state index contributed by atoms with van der Waals surface area (Å²) in [5, 5.41) is 25.8. The van der Waals surface area contributed by atoms with Gasteiger partial charge in [0.15, 0.2) is 0 Å². The Bertz CT molecular complexity index is 941. The summed E-state index contributed by atoms with van der Waals surface area (Å²) in [6.45, 7) is 3.11. The molecule has 0 amide bonds. The number of aromatic amines is 1. The molecule has 2 aliphatic heterocycles. The molecule has 3 aromatic rings. The summed E-state index contributed by atoms with van der Waals surface area (Å²) < 4.78 is 0. The van der Waals surface area contributed by atoms with Gasteiger partial charge < -0.3 is 14.9 Å². The van der Waals surface area contributed by atoms with E-state index in [9.17, 15) is 5.11 Å². The summed E-state index contributed by atoms with van der Waals surface area (Å²) in [4.78, 5) is 9.15. The van der Waals surface area contributed by atoms with E-state index in [1.807, 2.05) is 12.1 Å². The lowest BCUT2D eigenvalue weighted by atomic mass is 10.0. The number of aromatic nitrogens is 5. The van der Waals surface area contributed by atoms with E-state index in [1.54, 1.807) is 24.7 Å². The van der Waals surface area contributed by atoms with E-state index in [0.717, 1.165) is 24.2 Å². The number of likely N-dealkylation sites (N-methyl/N-ethyl adjacent to an activating group) is 1. The van der Waals surface area contributed by atoms with Crippen LogP contribution in [0.3, 0.4) is 0 Å². The highest BCUT2D eigenvalue weighted by molar-refractivity contribution is 5.73. The van der Waals surface area contributed by atoms with Crippen LogP contribution in [0.15, 0.2) is 36.8 Å². The lowest BCUT2D eigenvalue weighted by molar-refractivity contribution is 0.310. The highest BCUT2D eigenvalue weighted by Crippen LogP contribution is 2.33. The lowest BCUT2D eigenvalue weighted by Gasteiger charge is -2.20. The largest absolute Gasteiger partial charge is 0.507 e. The summed E-state index contributed by atoms with van der Waals surface area (Å²) >= 11 is 0. The standard InChI is InChI=1S/C19H21N7O/c1-25-5-4-13-10-26(11-17(13)25)19-20-9-16(23-24-19)15-3-2-12(6-18(15)27)14-7-21-22-8-14/h2-3,6-9,13,17,27H,4-5,10-11H2,1H3,(H,21,22)/t13-,17+/m1/s1. The van der Waals surface area contributed by atoms with Crippen LogP contribution in [0.4, 0.5) is 5.95 Å². The molecule has 0 unspecified atom stereocenters. The van der Waals surface area contributed by atoms with Crippen molar-refractivity contribution in [2.24, 2.45) is 5.92 Å². The highest BCUT2D eigenvalue weighted by atomic mass is 16.3. The third kappa shape index (κ3) is 2.82. The molecule has 27 heavy (non-hydrogen) atoms. The fourth-order valence-corrected chi connectivity index (χ4v) is 4.21. The number of aromatic hydroxyl groups is 1. The number of phenols is 1. The van der Waals surface area contributed by atoms with E-state index in [1.165, 1.54) is 13.0 Å². The Kier molecular flexibility index (Phi) is 3.78. The van der Waals surface area contributed by atoms with E-state index in [2.05, 4.69) is 42.2 Å². The molecular formula is C19H21N7O. The predicted octanol–water partition coefficient (Wildman–Crippen LogP) is 1.77. The highest BCUT2D eigenvalue weighted by Gasteiger charge is 2.40. The zero-order valence-corrected chi connectivity index (χ0v) is 15.1. The molecular weight excluding hydrogens is 342 g/mol. The van der Waals surface area contributed by atoms with Crippen molar-refractivity contribution in [3.63, 3.8) is 0 Å². The van der Waals surface area contributed by atoms with Crippen LogP contribution in [0, 0.1) is 5.92 Å². The molecule has 2 aromatic heterocycles. The third-order valence-electron chi connectivity index (χ3n) is 5.76. The molecule has 8 heteroatoms. The smallest absolute Gasteiger partial charge is 0.245 e. The average Bonchev–Trinajstić information content (AvgIpc) is 3.41. The van der Waals surface area contributed by atoms with E-state index >= 15 is 0 Å². The number of hydrogen-bond donors (Lipinski definition) is 2. The number of rotatable bonds is 3. The average molecular weight is 363 g/mol. The first kappa shape index (κ1) is 16.2. The zero-order chi connectivity index (χ0) is 18.4. The van der Waals surface area contributed by atoms with Crippen LogP contribution >= 0.6 is 0 Å². The van der Waals surface area contributed by atoms with Crippen molar-refractivity contribution in [2.75, 3.05) is 31.6 Å². The quantitative estimate of drug-likeness (QED) is 0.732. The Hall–Kier alpha value is -3.00. The maximum Gasteiger partial charge on any atom is 0.245 e. The van der Waals surface area contributed by atoms with Crippen molar-refractivity contribution in [1.82, 2.24) is 30.3 Å². The van der Waals surface area contributed by atoms with Gasteiger partial charge in [-0.15, -0.1) is 10.2 Å². The van der Waals surface area contributed by atoms with Gasteiger partial charge in [-0.05, 0) is 43.6 Å². The second kappa shape index (κ2) is 6.31. The van der Waals surface area contributed by atoms with Crippen LogP contribution in [0.2, 0.25) is 0 Å². The summed E-state index contributed by atoms with van der Waals surface area (Å²) in [5.74, 6) is 1.50. The first-order valence-corrected chi connectivity index (χ1v) is 9.16. The minimum absolute atomic E-state index is 0.148. The lowest BCUT2D eigenvalue weighted by Crippen LogP contribution is -2.32. The predicted molar refractivity (Wildman–Crippen MR) is 101 cm³/mol. The number of fused-ring (bicyclic) bond motifs is 1. The molecule has 2 aliphatic rings. The molecule has 0 spiro atoms. The van der Waals surface area contributed by atoms with Gasteiger partial charge in [0.05, 0.1) is 12.4 Å². The monoisotopic (exact) mass is 363 g/mol. The van der Waals surface area contributed by atoms with E-state index in [4.69, 9.17) is 0 Å². The van der Waals surface area contributed by atoms with Gasteiger partial charge in [-0.3, -0.25) is 5.10 Å². The topological polar surface area (TPSA) is 94.1 Å². The fraction of sp³-hybridized carbons (Fsp3) is 0.368. The van der Waals surface area contributed by atoms with Gasteiger partial charge >= 0.3 is 0 Å². The first-order chi connectivity index (χ1) is 13.2. The van der Waals surface area contributed by atoms with Crippen molar-refractivity contribution in [3.05, 3.63) is 36.8 Å². The van der Waals surface area contributed by atoms with Crippen LogP contribution in [-0.4, -0.2) is 68.1 Å². The van der Waals surface area contributed by atoms with Gasteiger partial charge in [-0.1, -0.05) is 6.07 Å². The maximum absolute atomic E-state index is 10.4. The number of likely N-dealkylation sites (tertiary alicyclic amines) is 1. The number of anilines is 1. The Morgan fingerprint density at radius 1 is 1.15 bits per heavy atom. The number of phenolic OH excluding ortho intramolecular Hbond substituents is 1. The summed E-state index contributed by atoms with van der Waals surface area (Å²) in [5.41, 5.74) is 2.98. The second-order valence-electron chi connectivity index (χ2n) is 7.36. The van der Waals surface area contributed by atoms with Gasteiger partial charge in [0.25, 0.3) is 0 Å². The first-order valence-electron chi connectivity index (χ1n) is 9.16. The molecule has 2 saturated heterocycles. The molecule has 0 saturated carbocycles. The van der Waals surface area contributed by atoms with E-state index in [-0.39, 0.29) is 5.75 Å². The zero-order valence-electron chi connectivity index (χ0n) is 15.1. The summed E-state index contributed by atoms with van der Waals surface area (Å²) in [6.07, 6.45) is 6.42. The molecule has 0 radical (unpaired) electrons. The van der Waals surface area contributed by atoms with Gasteiger partial charge in [-0.2, -0.15) is 5.10 Å². The Balaban J connectivity index is 1.36. The van der Waals surface area contributed by atoms with Gasteiger partial charge in [0.1, 0.15) is 11.4 Å². The fourth-order valence-electron chi connectivity index (χ4n) is 4.21. The molecule has 2 N–H and O–H groups in total. The van der Waals surface area contributed by atoms with Crippen molar-refractivity contribution in [2.45, 2.75) is 12.5 Å². The molecule has 1 aromatic carbocycles. The van der Waals surface area contributed by atoms with E-state index < -0.39 is 0 Å². The Morgan fingerprint density at radius 2 is 2.07 bits per heavy atom. The SMILES string of the molecule is CN1CC[C@@H]2CN(c3ncc(-c4ccc(-c5cn[nH]c5)cc4O)nn3)C[C@@H]21. The van der Waals surface area contributed by atoms with Crippen LogP contribution in [-0.2, 0) is 0 Å². The van der Waals surface area contributed by atoms with Crippen LogP contribution in [0.1, 0.15) is 6.42 Å². The number of nitrogens with one attached hydrogen (secondary N) is 1. The van der Waals surface area contributed by atoms with Crippen LogP contribution < -0.4 is 4.90 Å². The van der Waals surface area contributed by atoms with Crippen molar-refractivity contribution in [3.8, 4) is 28.1 Å². The third-order valence-corrected chi connectivity index (χ3v) is 5.76. The minimum atomic E-state index is 0.148. The van der Waals surface area contributed by atoms with Crippen molar-refractivity contribution >= 4 is 5.95 Å². The normalized spacial score (nSPS) is 22.3. The number of benzene rings is 1. The van der Waals surface area contributed by atoms with Crippen LogP contribution in [0.5, 0.6) is 5.75 Å². The van der Waals surface area contributed by atoms with Crippen LogP contribution in [0.25, 0.3) is 22.4 Å². The number of hydrogen-bond acceptors (Lipinski definition) is 7. The molecule has 8 nitrogen and oxygen atoms in total. The van der Waals surface area contributed by atoms with E-state index in [0.29, 0.717) is 29.2 Å². The van der Waals surface area contributed by atoms with Crippen molar-refractivity contribution in [1.29, 1.82) is 0 Å². The summed E-state index contributed by atoms with van der Waals surface area (Å²) in [7, 11) is 2.19. The molecule has 138 valence electrons. The molecule has 0 aliphatic carbocycles. The molecule has 5 rings (SSSR count). The molecule has 2 fully saturated rings. The molecule has 0 bridgehead atoms.